The fraction of sp³-hybridized carbons (Fsp3) is 0.182. The van der Waals surface area contributed by atoms with Crippen LogP contribution in [0.3, 0.4) is 0 Å². The molecule has 66 valence electrons. The summed E-state index contributed by atoms with van der Waals surface area (Å²) in [5.74, 6) is 0. The van der Waals surface area contributed by atoms with Gasteiger partial charge in [0, 0.05) is 6.07 Å². The van der Waals surface area contributed by atoms with Crippen LogP contribution in [-0.2, 0) is 6.42 Å². The van der Waals surface area contributed by atoms with Gasteiger partial charge in [-0.15, -0.1) is 0 Å². The summed E-state index contributed by atoms with van der Waals surface area (Å²) in [6.07, 6.45) is 2.36. The van der Waals surface area contributed by atoms with Crippen LogP contribution in [0.25, 0.3) is 11.0 Å². The van der Waals surface area contributed by atoms with Gasteiger partial charge in [-0.1, -0.05) is 13.0 Å². The Morgan fingerprint density at radius 3 is 2.92 bits per heavy atom. The normalized spacial score (nSPS) is 10.5. The second-order valence-corrected chi connectivity index (χ2v) is 2.97. The molecule has 0 unspecified atom stereocenters. The minimum absolute atomic E-state index is 0.0246. The van der Waals surface area contributed by atoms with Gasteiger partial charge in [0.05, 0.1) is 11.6 Å². The molecule has 0 aliphatic carbocycles. The maximum atomic E-state index is 11.4. The van der Waals surface area contributed by atoms with Gasteiger partial charge in [-0.05, 0) is 24.1 Å². The van der Waals surface area contributed by atoms with Crippen molar-refractivity contribution >= 4 is 11.0 Å². The zero-order valence-corrected chi connectivity index (χ0v) is 7.41. The molecular weight excluding hydrogens is 164 g/mol. The van der Waals surface area contributed by atoms with Crippen LogP contribution in [0.15, 0.2) is 39.7 Å². The molecule has 2 aromatic rings. The van der Waals surface area contributed by atoms with Crippen molar-refractivity contribution in [3.8, 4) is 0 Å². The molecule has 0 fully saturated rings. The maximum absolute atomic E-state index is 11.4. The molecule has 1 aromatic heterocycles. The van der Waals surface area contributed by atoms with Crippen LogP contribution < -0.4 is 5.43 Å². The summed E-state index contributed by atoms with van der Waals surface area (Å²) < 4.78 is 5.19. The summed E-state index contributed by atoms with van der Waals surface area (Å²) in [7, 11) is 0. The van der Waals surface area contributed by atoms with Crippen LogP contribution >= 0.6 is 0 Å². The molecule has 0 spiro atoms. The third-order valence-corrected chi connectivity index (χ3v) is 2.13. The van der Waals surface area contributed by atoms with E-state index in [4.69, 9.17) is 4.42 Å². The van der Waals surface area contributed by atoms with E-state index >= 15 is 0 Å². The lowest BCUT2D eigenvalue weighted by Crippen LogP contribution is -1.98. The highest BCUT2D eigenvalue weighted by atomic mass is 16.3. The summed E-state index contributed by atoms with van der Waals surface area (Å²) >= 11 is 0. The van der Waals surface area contributed by atoms with Crippen LogP contribution in [0.4, 0.5) is 0 Å². The molecule has 0 bridgehead atoms. The standard InChI is InChI=1S/C11H10O2/c1-2-8-3-4-11-9(7-8)10(12)5-6-13-11/h3-7H,2H2,1H3. The van der Waals surface area contributed by atoms with E-state index in [9.17, 15) is 4.79 Å². The average molecular weight is 174 g/mol. The van der Waals surface area contributed by atoms with Crippen molar-refractivity contribution in [2.24, 2.45) is 0 Å². The Kier molecular flexibility index (Phi) is 1.89. The molecule has 0 amide bonds. The molecule has 2 heteroatoms. The van der Waals surface area contributed by atoms with Crippen LogP contribution in [-0.4, -0.2) is 0 Å². The van der Waals surface area contributed by atoms with Gasteiger partial charge in [-0.2, -0.15) is 0 Å². The van der Waals surface area contributed by atoms with Crippen molar-refractivity contribution < 1.29 is 4.42 Å². The maximum Gasteiger partial charge on any atom is 0.192 e. The Morgan fingerprint density at radius 2 is 2.15 bits per heavy atom. The third kappa shape index (κ3) is 1.35. The van der Waals surface area contributed by atoms with Gasteiger partial charge < -0.3 is 4.42 Å². The number of benzene rings is 1. The SMILES string of the molecule is CCc1ccc2occc(=O)c2c1. The zero-order valence-electron chi connectivity index (χ0n) is 7.41. The molecule has 0 aliphatic rings. The summed E-state index contributed by atoms with van der Waals surface area (Å²) in [5, 5.41) is 0.668. The second kappa shape index (κ2) is 3.05. The van der Waals surface area contributed by atoms with Gasteiger partial charge in [-0.25, -0.2) is 0 Å². The number of aryl methyl sites for hydroxylation is 1. The first-order chi connectivity index (χ1) is 6.31. The fourth-order valence-electron chi connectivity index (χ4n) is 1.35. The lowest BCUT2D eigenvalue weighted by Gasteiger charge is -1.98. The van der Waals surface area contributed by atoms with E-state index in [1.165, 1.54) is 12.3 Å². The molecule has 0 atom stereocenters. The Morgan fingerprint density at radius 1 is 1.31 bits per heavy atom. The lowest BCUT2D eigenvalue weighted by molar-refractivity contribution is 0.602. The van der Waals surface area contributed by atoms with E-state index in [0.717, 1.165) is 12.0 Å². The van der Waals surface area contributed by atoms with Crippen LogP contribution in [0.1, 0.15) is 12.5 Å². The highest BCUT2D eigenvalue weighted by Crippen LogP contribution is 2.12. The highest BCUT2D eigenvalue weighted by molar-refractivity contribution is 5.76. The van der Waals surface area contributed by atoms with E-state index in [2.05, 4.69) is 6.92 Å². The van der Waals surface area contributed by atoms with E-state index in [-0.39, 0.29) is 5.43 Å². The summed E-state index contributed by atoms with van der Waals surface area (Å²) in [6, 6.07) is 7.16. The highest BCUT2D eigenvalue weighted by Gasteiger charge is 1.99. The first kappa shape index (κ1) is 8.05. The fourth-order valence-corrected chi connectivity index (χ4v) is 1.35. The Bertz CT molecular complexity index is 483. The van der Waals surface area contributed by atoms with Crippen molar-refractivity contribution in [2.45, 2.75) is 13.3 Å². The number of rotatable bonds is 1. The van der Waals surface area contributed by atoms with E-state index < -0.39 is 0 Å². The summed E-state index contributed by atoms with van der Waals surface area (Å²) in [5.41, 5.74) is 1.84. The first-order valence-electron chi connectivity index (χ1n) is 4.31. The predicted molar refractivity (Wildman–Crippen MR) is 51.9 cm³/mol. The van der Waals surface area contributed by atoms with Gasteiger partial charge >= 0.3 is 0 Å². The van der Waals surface area contributed by atoms with Crippen molar-refractivity contribution in [3.05, 3.63) is 46.3 Å². The molecule has 0 saturated carbocycles. The van der Waals surface area contributed by atoms with Gasteiger partial charge in [0.2, 0.25) is 0 Å². The van der Waals surface area contributed by atoms with Crippen molar-refractivity contribution in [1.29, 1.82) is 0 Å². The second-order valence-electron chi connectivity index (χ2n) is 2.97. The van der Waals surface area contributed by atoms with Gasteiger partial charge in [-0.3, -0.25) is 4.79 Å². The smallest absolute Gasteiger partial charge is 0.192 e. The largest absolute Gasteiger partial charge is 0.464 e. The number of fused-ring (bicyclic) bond motifs is 1. The van der Waals surface area contributed by atoms with E-state index in [0.29, 0.717) is 11.0 Å². The molecule has 2 rings (SSSR count). The van der Waals surface area contributed by atoms with Gasteiger partial charge in [0.1, 0.15) is 5.58 Å². The zero-order chi connectivity index (χ0) is 9.26. The van der Waals surface area contributed by atoms with E-state index in [1.54, 1.807) is 0 Å². The molecule has 0 radical (unpaired) electrons. The molecule has 0 N–H and O–H groups in total. The average Bonchev–Trinajstić information content (AvgIpc) is 2.18. The Hall–Kier alpha value is -1.57. The van der Waals surface area contributed by atoms with Crippen LogP contribution in [0.5, 0.6) is 0 Å². The lowest BCUT2D eigenvalue weighted by atomic mass is 10.1. The predicted octanol–water partition coefficient (Wildman–Crippen LogP) is 2.36. The van der Waals surface area contributed by atoms with E-state index in [1.807, 2.05) is 18.2 Å². The molecule has 0 saturated heterocycles. The Labute approximate surface area is 75.8 Å². The topological polar surface area (TPSA) is 30.2 Å². The summed E-state index contributed by atoms with van der Waals surface area (Å²) in [4.78, 5) is 11.4. The number of hydrogen-bond acceptors (Lipinski definition) is 2. The molecule has 1 heterocycles. The number of hydrogen-bond donors (Lipinski definition) is 0. The van der Waals surface area contributed by atoms with Crippen molar-refractivity contribution in [3.63, 3.8) is 0 Å². The summed E-state index contributed by atoms with van der Waals surface area (Å²) in [6.45, 7) is 2.06. The van der Waals surface area contributed by atoms with Crippen molar-refractivity contribution in [1.82, 2.24) is 0 Å². The Balaban J connectivity index is 2.82. The molecule has 13 heavy (non-hydrogen) atoms. The van der Waals surface area contributed by atoms with Crippen LogP contribution in [0.2, 0.25) is 0 Å². The van der Waals surface area contributed by atoms with Crippen LogP contribution in [0, 0.1) is 0 Å². The van der Waals surface area contributed by atoms with Crippen molar-refractivity contribution in [2.75, 3.05) is 0 Å². The van der Waals surface area contributed by atoms with Gasteiger partial charge in [0.25, 0.3) is 0 Å². The quantitative estimate of drug-likeness (QED) is 0.664. The third-order valence-electron chi connectivity index (χ3n) is 2.13. The molecule has 1 aromatic carbocycles. The molecule has 2 nitrogen and oxygen atoms in total. The minimum Gasteiger partial charge on any atom is -0.464 e. The monoisotopic (exact) mass is 174 g/mol. The molecular formula is C11H10O2. The minimum atomic E-state index is 0.0246. The van der Waals surface area contributed by atoms with Gasteiger partial charge in [0.15, 0.2) is 5.43 Å². The molecule has 0 aliphatic heterocycles. The first-order valence-corrected chi connectivity index (χ1v) is 4.31.